The Bertz CT molecular complexity index is 472. The lowest BCUT2D eigenvalue weighted by Crippen LogP contribution is -2.44. The number of hydrogen-bond acceptors (Lipinski definition) is 3. The van der Waals surface area contributed by atoms with Gasteiger partial charge in [-0.2, -0.15) is 0 Å². The Labute approximate surface area is 127 Å². The molecule has 0 saturated carbocycles. The van der Waals surface area contributed by atoms with E-state index < -0.39 is 0 Å². The van der Waals surface area contributed by atoms with Crippen molar-refractivity contribution in [1.82, 2.24) is 10.2 Å². The number of nitrogens with zero attached hydrogens (tertiary/aromatic N) is 2. The maximum atomic E-state index is 12.6. The van der Waals surface area contributed by atoms with Crippen molar-refractivity contribution in [2.24, 2.45) is 16.8 Å². The summed E-state index contributed by atoms with van der Waals surface area (Å²) in [5.41, 5.74) is 4.03. The molecule has 116 valence electrons. The van der Waals surface area contributed by atoms with Crippen molar-refractivity contribution in [2.45, 2.75) is 46.0 Å². The Morgan fingerprint density at radius 2 is 2.00 bits per heavy atom. The van der Waals surface area contributed by atoms with E-state index in [1.54, 1.807) is 0 Å². The second kappa shape index (κ2) is 6.30. The molecule has 1 amide bonds. The molecule has 0 aliphatic carbocycles. The van der Waals surface area contributed by atoms with Gasteiger partial charge in [0.2, 0.25) is 5.91 Å². The van der Waals surface area contributed by atoms with Gasteiger partial charge in [-0.15, -0.1) is 0 Å². The number of rotatable bonds is 2. The first kappa shape index (κ1) is 14.8. The van der Waals surface area contributed by atoms with E-state index in [1.165, 1.54) is 17.0 Å². The van der Waals surface area contributed by atoms with Crippen molar-refractivity contribution in [1.29, 1.82) is 0 Å². The third-order valence-electron chi connectivity index (χ3n) is 5.04. The van der Waals surface area contributed by atoms with Gasteiger partial charge in [0, 0.05) is 36.8 Å². The van der Waals surface area contributed by atoms with Gasteiger partial charge in [0.1, 0.15) is 0 Å². The molecular weight excluding hydrogens is 262 g/mol. The first-order chi connectivity index (χ1) is 10.1. The van der Waals surface area contributed by atoms with Crippen LogP contribution >= 0.6 is 0 Å². The molecule has 3 rings (SSSR count). The third-order valence-corrected chi connectivity index (χ3v) is 5.04. The van der Waals surface area contributed by atoms with Crippen LogP contribution in [0, 0.1) is 11.8 Å². The molecular formula is C17H27N3O. The number of amides is 1. The summed E-state index contributed by atoms with van der Waals surface area (Å²) in [5, 5.41) is 3.34. The molecule has 1 fully saturated rings. The standard InChI is InChI=1S/C17H27N3O/c1-12(2)15-4-3-14-11-20(10-7-16(14)19-15)17(21)13-5-8-18-9-6-13/h12-13,18H,3-11H2,1-2H3. The van der Waals surface area contributed by atoms with E-state index in [-0.39, 0.29) is 5.92 Å². The molecule has 0 unspecified atom stereocenters. The van der Waals surface area contributed by atoms with Crippen molar-refractivity contribution >= 4 is 11.6 Å². The molecule has 0 bridgehead atoms. The van der Waals surface area contributed by atoms with Gasteiger partial charge in [0.25, 0.3) is 0 Å². The number of aliphatic imine (C=N–C) groups is 1. The fourth-order valence-corrected chi connectivity index (χ4v) is 3.62. The lowest BCUT2D eigenvalue weighted by molar-refractivity contribution is -0.136. The first-order valence-electron chi connectivity index (χ1n) is 8.43. The molecule has 4 nitrogen and oxygen atoms in total. The minimum absolute atomic E-state index is 0.242. The van der Waals surface area contributed by atoms with Crippen LogP contribution < -0.4 is 5.32 Å². The van der Waals surface area contributed by atoms with E-state index in [1.807, 2.05) is 0 Å². The zero-order chi connectivity index (χ0) is 14.8. The zero-order valence-corrected chi connectivity index (χ0v) is 13.3. The lowest BCUT2D eigenvalue weighted by atomic mass is 9.91. The Morgan fingerprint density at radius 3 is 2.71 bits per heavy atom. The molecule has 1 saturated heterocycles. The molecule has 21 heavy (non-hydrogen) atoms. The lowest BCUT2D eigenvalue weighted by Gasteiger charge is -2.35. The van der Waals surface area contributed by atoms with E-state index in [0.29, 0.717) is 11.8 Å². The minimum atomic E-state index is 0.242. The molecule has 0 aromatic rings. The van der Waals surface area contributed by atoms with Crippen LogP contribution in [-0.4, -0.2) is 42.7 Å². The van der Waals surface area contributed by atoms with Gasteiger partial charge < -0.3 is 10.2 Å². The van der Waals surface area contributed by atoms with Crippen LogP contribution in [0.15, 0.2) is 16.3 Å². The van der Waals surface area contributed by atoms with E-state index >= 15 is 0 Å². The summed E-state index contributed by atoms with van der Waals surface area (Å²) >= 11 is 0. The molecule has 4 heteroatoms. The molecule has 0 atom stereocenters. The van der Waals surface area contributed by atoms with Gasteiger partial charge in [0.15, 0.2) is 0 Å². The second-order valence-corrected chi connectivity index (χ2v) is 6.84. The van der Waals surface area contributed by atoms with Crippen molar-refractivity contribution < 1.29 is 4.79 Å². The number of hydrogen-bond donors (Lipinski definition) is 1. The highest BCUT2D eigenvalue weighted by atomic mass is 16.2. The second-order valence-electron chi connectivity index (χ2n) is 6.84. The zero-order valence-electron chi connectivity index (χ0n) is 13.3. The van der Waals surface area contributed by atoms with Crippen molar-refractivity contribution in [3.63, 3.8) is 0 Å². The summed E-state index contributed by atoms with van der Waals surface area (Å²) in [6.45, 7) is 8.10. The van der Waals surface area contributed by atoms with E-state index in [2.05, 4.69) is 24.1 Å². The quantitative estimate of drug-likeness (QED) is 0.848. The predicted molar refractivity (Wildman–Crippen MR) is 85.3 cm³/mol. The predicted octanol–water partition coefficient (Wildman–Crippen LogP) is 2.36. The van der Waals surface area contributed by atoms with E-state index in [9.17, 15) is 4.79 Å². The Balaban J connectivity index is 1.67. The number of nitrogens with one attached hydrogen (secondary N) is 1. The largest absolute Gasteiger partial charge is 0.338 e. The highest BCUT2D eigenvalue weighted by molar-refractivity contribution is 5.88. The average molecular weight is 289 g/mol. The highest BCUT2D eigenvalue weighted by Crippen LogP contribution is 2.30. The summed E-state index contributed by atoms with van der Waals surface area (Å²) < 4.78 is 0. The molecule has 1 N–H and O–H groups in total. The first-order valence-corrected chi connectivity index (χ1v) is 8.43. The summed E-state index contributed by atoms with van der Waals surface area (Å²) in [6, 6.07) is 0. The number of carbonyl (C=O) groups excluding carboxylic acids is 1. The molecule has 0 aromatic heterocycles. The van der Waals surface area contributed by atoms with Gasteiger partial charge in [-0.05, 0) is 50.3 Å². The molecule has 0 radical (unpaired) electrons. The fourth-order valence-electron chi connectivity index (χ4n) is 3.62. The Kier molecular flexibility index (Phi) is 4.43. The van der Waals surface area contributed by atoms with Gasteiger partial charge in [-0.3, -0.25) is 9.79 Å². The Morgan fingerprint density at radius 1 is 1.24 bits per heavy atom. The van der Waals surface area contributed by atoms with Crippen LogP contribution in [0.25, 0.3) is 0 Å². The maximum Gasteiger partial charge on any atom is 0.226 e. The van der Waals surface area contributed by atoms with Crippen molar-refractivity contribution in [2.75, 3.05) is 26.2 Å². The van der Waals surface area contributed by atoms with Crippen LogP contribution in [0.1, 0.15) is 46.0 Å². The van der Waals surface area contributed by atoms with Crippen LogP contribution in [-0.2, 0) is 4.79 Å². The highest BCUT2D eigenvalue weighted by Gasteiger charge is 2.30. The smallest absolute Gasteiger partial charge is 0.226 e. The van der Waals surface area contributed by atoms with E-state index in [0.717, 1.165) is 58.3 Å². The topological polar surface area (TPSA) is 44.7 Å². The number of carbonyl (C=O) groups is 1. The van der Waals surface area contributed by atoms with Gasteiger partial charge in [-0.1, -0.05) is 13.8 Å². The van der Waals surface area contributed by atoms with E-state index in [4.69, 9.17) is 4.99 Å². The SMILES string of the molecule is CC(C)C1=NC2=C(CC1)CN(C(=O)C1CCNCC1)CC2. The van der Waals surface area contributed by atoms with Crippen molar-refractivity contribution in [3.8, 4) is 0 Å². The maximum absolute atomic E-state index is 12.6. The molecule has 0 spiro atoms. The fraction of sp³-hybridized carbons (Fsp3) is 0.765. The summed E-state index contributed by atoms with van der Waals surface area (Å²) in [5.74, 6) is 1.17. The summed E-state index contributed by atoms with van der Waals surface area (Å²) in [6.07, 6.45) is 5.12. The molecule has 3 heterocycles. The van der Waals surface area contributed by atoms with Gasteiger partial charge in [0.05, 0.1) is 0 Å². The van der Waals surface area contributed by atoms with Crippen LogP contribution in [0.5, 0.6) is 0 Å². The Hall–Kier alpha value is -1.16. The molecule has 0 aromatic carbocycles. The van der Waals surface area contributed by atoms with Gasteiger partial charge >= 0.3 is 0 Å². The van der Waals surface area contributed by atoms with Gasteiger partial charge in [-0.25, -0.2) is 0 Å². The third kappa shape index (κ3) is 3.20. The molecule has 3 aliphatic heterocycles. The number of piperidine rings is 1. The summed E-state index contributed by atoms with van der Waals surface area (Å²) in [4.78, 5) is 19.6. The average Bonchev–Trinajstić information content (AvgIpc) is 2.54. The normalized spacial score (nSPS) is 24.1. The molecule has 3 aliphatic rings. The van der Waals surface area contributed by atoms with Crippen molar-refractivity contribution in [3.05, 3.63) is 11.3 Å². The van der Waals surface area contributed by atoms with Crippen LogP contribution in [0.4, 0.5) is 0 Å². The van der Waals surface area contributed by atoms with Crippen LogP contribution in [0.2, 0.25) is 0 Å². The minimum Gasteiger partial charge on any atom is -0.338 e. The van der Waals surface area contributed by atoms with Crippen LogP contribution in [0.3, 0.4) is 0 Å². The summed E-state index contributed by atoms with van der Waals surface area (Å²) in [7, 11) is 0. The monoisotopic (exact) mass is 289 g/mol.